The highest BCUT2D eigenvalue weighted by molar-refractivity contribution is 7.89. The summed E-state index contributed by atoms with van der Waals surface area (Å²) in [7, 11) is -0.704. The molecule has 0 bridgehead atoms. The van der Waals surface area contributed by atoms with Crippen LogP contribution in [-0.2, 0) is 14.8 Å². The smallest absolute Gasteiger partial charge is 0.253 e. The van der Waals surface area contributed by atoms with Gasteiger partial charge in [-0.3, -0.25) is 4.79 Å². The first kappa shape index (κ1) is 23.2. The second-order valence-electron chi connectivity index (χ2n) is 8.12. The molecule has 3 rings (SSSR count). The van der Waals surface area contributed by atoms with Gasteiger partial charge in [-0.2, -0.15) is 0 Å². The lowest BCUT2D eigenvalue weighted by Crippen LogP contribution is -2.38. The molecule has 1 N–H and O–H groups in total. The van der Waals surface area contributed by atoms with Crippen molar-refractivity contribution >= 4 is 21.6 Å². The number of nitrogens with one attached hydrogen (secondary N) is 1. The van der Waals surface area contributed by atoms with Crippen LogP contribution in [0, 0.1) is 13.8 Å². The zero-order valence-corrected chi connectivity index (χ0v) is 19.6. The van der Waals surface area contributed by atoms with Crippen LogP contribution < -0.4 is 10.2 Å². The number of anilines is 1. The minimum atomic E-state index is -3.66. The number of sulfonamides is 1. The number of amides is 1. The summed E-state index contributed by atoms with van der Waals surface area (Å²) in [4.78, 5) is 15.5. The van der Waals surface area contributed by atoms with E-state index in [-0.39, 0.29) is 16.8 Å². The maximum atomic E-state index is 13.4. The van der Waals surface area contributed by atoms with E-state index in [1.54, 1.807) is 12.1 Å². The zero-order chi connectivity index (χ0) is 22.8. The topological polar surface area (TPSA) is 79.0 Å². The molecule has 168 valence electrons. The van der Waals surface area contributed by atoms with Crippen molar-refractivity contribution in [3.8, 4) is 0 Å². The molecule has 31 heavy (non-hydrogen) atoms. The number of carbonyl (C=O) groups excluding carboxylic acids is 1. The highest BCUT2D eigenvalue weighted by Gasteiger charge is 2.25. The molecule has 2 aromatic carbocycles. The average molecular weight is 446 g/mol. The van der Waals surface area contributed by atoms with E-state index in [1.807, 2.05) is 32.9 Å². The Kier molecular flexibility index (Phi) is 7.03. The molecule has 1 aliphatic heterocycles. The van der Waals surface area contributed by atoms with E-state index >= 15 is 0 Å². The summed E-state index contributed by atoms with van der Waals surface area (Å²) in [6, 6.07) is 10.7. The number of nitrogens with zero attached hydrogens (tertiary/aromatic N) is 2. The molecule has 0 aromatic heterocycles. The van der Waals surface area contributed by atoms with Crippen molar-refractivity contribution in [3.63, 3.8) is 0 Å². The number of hydrogen-bond acceptors (Lipinski definition) is 5. The van der Waals surface area contributed by atoms with Crippen LogP contribution in [0.4, 0.5) is 5.69 Å². The molecular weight excluding hydrogens is 414 g/mol. The Morgan fingerprint density at radius 3 is 2.42 bits per heavy atom. The molecule has 8 heteroatoms. The Labute approximate surface area is 185 Å². The number of rotatable bonds is 6. The number of morpholine rings is 1. The van der Waals surface area contributed by atoms with Crippen molar-refractivity contribution in [2.75, 3.05) is 45.3 Å². The Balaban J connectivity index is 1.99. The molecule has 0 aliphatic carbocycles. The Bertz CT molecular complexity index is 1060. The minimum absolute atomic E-state index is 0.0963. The van der Waals surface area contributed by atoms with Gasteiger partial charge in [0.15, 0.2) is 0 Å². The van der Waals surface area contributed by atoms with Gasteiger partial charge in [-0.1, -0.05) is 23.8 Å². The van der Waals surface area contributed by atoms with Gasteiger partial charge in [0.1, 0.15) is 0 Å². The summed E-state index contributed by atoms with van der Waals surface area (Å²) in [6.07, 6.45) is 0. The average Bonchev–Trinajstić information content (AvgIpc) is 2.75. The Morgan fingerprint density at radius 1 is 1.10 bits per heavy atom. The molecule has 0 spiro atoms. The second-order valence-corrected chi connectivity index (χ2v) is 10.3. The number of ether oxygens (including phenoxy) is 1. The first-order chi connectivity index (χ1) is 14.6. The van der Waals surface area contributed by atoms with Gasteiger partial charge in [0.05, 0.1) is 29.7 Å². The van der Waals surface area contributed by atoms with Gasteiger partial charge in [0, 0.05) is 32.9 Å². The van der Waals surface area contributed by atoms with E-state index in [1.165, 1.54) is 20.2 Å². The molecule has 0 unspecified atom stereocenters. The Hall–Kier alpha value is -2.42. The quantitative estimate of drug-likeness (QED) is 0.740. The van der Waals surface area contributed by atoms with Crippen LogP contribution in [0.15, 0.2) is 41.3 Å². The third kappa shape index (κ3) is 5.08. The first-order valence-electron chi connectivity index (χ1n) is 10.4. The summed E-state index contributed by atoms with van der Waals surface area (Å²) in [5.74, 6) is -0.300. The normalized spacial score (nSPS) is 15.7. The maximum absolute atomic E-state index is 13.4. The third-order valence-corrected chi connectivity index (χ3v) is 7.40. The van der Waals surface area contributed by atoms with E-state index in [0.29, 0.717) is 37.6 Å². The molecule has 1 saturated heterocycles. The number of benzene rings is 2. The van der Waals surface area contributed by atoms with E-state index in [2.05, 4.69) is 16.3 Å². The van der Waals surface area contributed by atoms with Gasteiger partial charge in [-0.05, 0) is 50.1 Å². The predicted molar refractivity (Wildman–Crippen MR) is 122 cm³/mol. The first-order valence-corrected chi connectivity index (χ1v) is 11.8. The predicted octanol–water partition coefficient (Wildman–Crippen LogP) is 2.88. The third-order valence-electron chi connectivity index (χ3n) is 5.59. The molecule has 7 nitrogen and oxygen atoms in total. The number of aryl methyl sites for hydroxylation is 2. The molecule has 1 atom stereocenters. The van der Waals surface area contributed by atoms with E-state index < -0.39 is 10.0 Å². The van der Waals surface area contributed by atoms with Crippen LogP contribution in [0.5, 0.6) is 0 Å². The lowest BCUT2D eigenvalue weighted by Gasteiger charge is -2.31. The second kappa shape index (κ2) is 9.38. The largest absolute Gasteiger partial charge is 0.378 e. The van der Waals surface area contributed by atoms with Crippen LogP contribution in [0.3, 0.4) is 0 Å². The van der Waals surface area contributed by atoms with Crippen molar-refractivity contribution in [1.29, 1.82) is 0 Å². The maximum Gasteiger partial charge on any atom is 0.253 e. The van der Waals surface area contributed by atoms with E-state index in [9.17, 15) is 13.2 Å². The van der Waals surface area contributed by atoms with Crippen LogP contribution in [0.1, 0.15) is 40.0 Å². The molecule has 2 aromatic rings. The van der Waals surface area contributed by atoms with Gasteiger partial charge < -0.3 is 15.0 Å². The molecule has 1 aliphatic rings. The summed E-state index contributed by atoms with van der Waals surface area (Å²) in [5, 5.41) is 3.06. The fraction of sp³-hybridized carbons (Fsp3) is 0.435. The van der Waals surface area contributed by atoms with Gasteiger partial charge >= 0.3 is 0 Å². The summed E-state index contributed by atoms with van der Waals surface area (Å²) < 4.78 is 31.9. The van der Waals surface area contributed by atoms with Crippen molar-refractivity contribution in [3.05, 3.63) is 58.7 Å². The molecule has 0 saturated carbocycles. The van der Waals surface area contributed by atoms with Gasteiger partial charge in [0.25, 0.3) is 5.91 Å². The molecule has 0 radical (unpaired) electrons. The van der Waals surface area contributed by atoms with Crippen LogP contribution in [-0.4, -0.2) is 59.0 Å². The van der Waals surface area contributed by atoms with Crippen molar-refractivity contribution in [2.45, 2.75) is 31.7 Å². The fourth-order valence-electron chi connectivity index (χ4n) is 3.73. The van der Waals surface area contributed by atoms with Gasteiger partial charge in [-0.25, -0.2) is 12.7 Å². The van der Waals surface area contributed by atoms with Crippen molar-refractivity contribution in [1.82, 2.24) is 9.62 Å². The number of carbonyl (C=O) groups is 1. The fourth-order valence-corrected chi connectivity index (χ4v) is 4.66. The summed E-state index contributed by atoms with van der Waals surface area (Å²) in [5.41, 5.74) is 4.32. The summed E-state index contributed by atoms with van der Waals surface area (Å²) in [6.45, 7) is 8.40. The Morgan fingerprint density at radius 2 is 1.77 bits per heavy atom. The summed E-state index contributed by atoms with van der Waals surface area (Å²) >= 11 is 0. The highest BCUT2D eigenvalue weighted by Crippen LogP contribution is 2.27. The highest BCUT2D eigenvalue weighted by atomic mass is 32.2. The lowest BCUT2D eigenvalue weighted by molar-refractivity contribution is 0.0938. The minimum Gasteiger partial charge on any atom is -0.378 e. The van der Waals surface area contributed by atoms with Gasteiger partial charge in [0.2, 0.25) is 10.0 Å². The lowest BCUT2D eigenvalue weighted by atomic mass is 9.99. The zero-order valence-electron chi connectivity index (χ0n) is 18.8. The van der Waals surface area contributed by atoms with Crippen LogP contribution in [0.2, 0.25) is 0 Å². The SMILES string of the molecule is Cc1ccc(C)c([C@H](C)NC(=O)c2cc(S(=O)(=O)N(C)C)ccc2N2CCOCC2)c1. The van der Waals surface area contributed by atoms with E-state index in [0.717, 1.165) is 21.0 Å². The molecule has 1 fully saturated rings. The number of hydrogen-bond donors (Lipinski definition) is 1. The van der Waals surface area contributed by atoms with E-state index in [4.69, 9.17) is 4.74 Å². The standard InChI is InChI=1S/C23H31N3O4S/c1-16-6-7-17(2)20(14-16)18(3)24-23(27)21-15-19(31(28,29)25(4)5)8-9-22(21)26-10-12-30-13-11-26/h6-9,14-15,18H,10-13H2,1-5H3,(H,24,27)/t18-/m0/s1. The van der Waals surface area contributed by atoms with Crippen LogP contribution >= 0.6 is 0 Å². The van der Waals surface area contributed by atoms with Crippen molar-refractivity contribution in [2.24, 2.45) is 0 Å². The monoisotopic (exact) mass is 445 g/mol. The van der Waals surface area contributed by atoms with Gasteiger partial charge in [-0.15, -0.1) is 0 Å². The molecular formula is C23H31N3O4S. The van der Waals surface area contributed by atoms with Crippen LogP contribution in [0.25, 0.3) is 0 Å². The molecule has 1 heterocycles. The van der Waals surface area contributed by atoms with Crippen molar-refractivity contribution < 1.29 is 17.9 Å². The molecule has 1 amide bonds.